The number of benzene rings is 2. The highest BCUT2D eigenvalue weighted by Crippen LogP contribution is 2.36. The smallest absolute Gasteiger partial charge is 0.205 e. The summed E-state index contributed by atoms with van der Waals surface area (Å²) in [7, 11) is 0. The van der Waals surface area contributed by atoms with Crippen LogP contribution in [0.5, 0.6) is 5.75 Å². The summed E-state index contributed by atoms with van der Waals surface area (Å²) in [6, 6.07) is 14.7. The van der Waals surface area contributed by atoms with Crippen molar-refractivity contribution in [2.75, 3.05) is 13.2 Å². The summed E-state index contributed by atoms with van der Waals surface area (Å²) >= 11 is 0. The lowest BCUT2D eigenvalue weighted by Gasteiger charge is -2.36. The monoisotopic (exact) mass is 333 g/mol. The number of aliphatic imine (C=N–C) groups is 1. The van der Waals surface area contributed by atoms with Gasteiger partial charge in [-0.2, -0.15) is 15.5 Å². The zero-order valence-electron chi connectivity index (χ0n) is 13.3. The minimum Gasteiger partial charge on any atom is -0.481 e. The Morgan fingerprint density at radius 3 is 2.52 bits per heavy atom. The number of rotatable bonds is 3. The van der Waals surface area contributed by atoms with Gasteiger partial charge in [0.25, 0.3) is 0 Å². The van der Waals surface area contributed by atoms with Gasteiger partial charge >= 0.3 is 0 Å². The van der Waals surface area contributed by atoms with Crippen molar-refractivity contribution >= 4 is 5.71 Å². The van der Waals surface area contributed by atoms with E-state index in [1.54, 1.807) is 30.5 Å². The molecule has 0 spiro atoms. The third-order valence-corrected chi connectivity index (χ3v) is 4.19. The van der Waals surface area contributed by atoms with Crippen molar-refractivity contribution in [3.8, 4) is 29.1 Å². The number of nitriles is 2. The van der Waals surface area contributed by atoms with Gasteiger partial charge in [-0.25, -0.2) is 0 Å². The first-order valence-corrected chi connectivity index (χ1v) is 7.66. The summed E-state index contributed by atoms with van der Waals surface area (Å²) in [4.78, 5) is 3.85. The molecule has 0 aliphatic carbocycles. The van der Waals surface area contributed by atoms with E-state index in [1.165, 1.54) is 0 Å². The summed E-state index contributed by atoms with van der Waals surface area (Å²) in [5, 5.41) is 37.2. The van der Waals surface area contributed by atoms with Crippen molar-refractivity contribution in [1.29, 1.82) is 10.5 Å². The first-order chi connectivity index (χ1) is 12.1. The molecule has 0 atom stereocenters. The minimum atomic E-state index is -1.19. The second-order valence-electron chi connectivity index (χ2n) is 5.84. The molecule has 1 aliphatic heterocycles. The van der Waals surface area contributed by atoms with Crippen LogP contribution in [-0.2, 0) is 0 Å². The number of fused-ring (bicyclic) bond motifs is 1. The predicted molar refractivity (Wildman–Crippen MR) is 90.9 cm³/mol. The fourth-order valence-electron chi connectivity index (χ4n) is 2.85. The van der Waals surface area contributed by atoms with Crippen molar-refractivity contribution in [3.05, 3.63) is 53.6 Å². The Labute approximate surface area is 144 Å². The van der Waals surface area contributed by atoms with Crippen molar-refractivity contribution in [2.45, 2.75) is 12.0 Å². The quantitative estimate of drug-likeness (QED) is 0.835. The van der Waals surface area contributed by atoms with E-state index in [0.29, 0.717) is 22.6 Å². The molecule has 0 amide bonds. The first kappa shape index (κ1) is 16.7. The summed E-state index contributed by atoms with van der Waals surface area (Å²) in [5.41, 5.74) is 2.16. The molecule has 1 heterocycles. The molecule has 2 N–H and O–H groups in total. The van der Waals surface area contributed by atoms with Crippen LogP contribution in [0.3, 0.4) is 0 Å². The Morgan fingerprint density at radius 1 is 1.08 bits per heavy atom. The zero-order valence-corrected chi connectivity index (χ0v) is 13.3. The van der Waals surface area contributed by atoms with Gasteiger partial charge in [0.05, 0.1) is 30.6 Å². The van der Waals surface area contributed by atoms with Crippen molar-refractivity contribution in [1.82, 2.24) is 0 Å². The van der Waals surface area contributed by atoms with Crippen LogP contribution in [0.15, 0.2) is 47.5 Å². The lowest BCUT2D eigenvalue weighted by molar-refractivity contribution is -0.0317. The molecule has 6 heteroatoms. The van der Waals surface area contributed by atoms with Gasteiger partial charge in [0.1, 0.15) is 5.75 Å². The molecule has 0 radical (unpaired) electrons. The molecule has 0 saturated heterocycles. The fraction of sp³-hybridized carbons (Fsp3) is 0.211. The van der Waals surface area contributed by atoms with Crippen LogP contribution in [0.1, 0.15) is 17.5 Å². The second kappa shape index (κ2) is 6.74. The van der Waals surface area contributed by atoms with Crippen LogP contribution in [0, 0.1) is 22.8 Å². The molecule has 6 nitrogen and oxygen atoms in total. The molecule has 3 rings (SSSR count). The van der Waals surface area contributed by atoms with E-state index in [2.05, 4.69) is 11.1 Å². The molecule has 0 unspecified atom stereocenters. The van der Waals surface area contributed by atoms with E-state index in [4.69, 9.17) is 15.3 Å². The number of nitrogens with zero attached hydrogens (tertiary/aromatic N) is 3. The first-order valence-electron chi connectivity index (χ1n) is 7.66. The summed E-state index contributed by atoms with van der Waals surface area (Å²) in [5.74, 6) is 0.448. The van der Waals surface area contributed by atoms with Gasteiger partial charge in [0, 0.05) is 12.0 Å². The number of hydrogen-bond acceptors (Lipinski definition) is 6. The number of aliphatic hydroxyl groups excluding tert-OH is 2. The molecule has 1 aliphatic rings. The molecule has 0 aromatic heterocycles. The third-order valence-electron chi connectivity index (χ3n) is 4.19. The molecular formula is C19H15N3O3. The Bertz CT molecular complexity index is 918. The maximum Gasteiger partial charge on any atom is 0.205 e. The molecule has 2 aromatic rings. The van der Waals surface area contributed by atoms with Gasteiger partial charge in [-0.3, -0.25) is 0 Å². The van der Waals surface area contributed by atoms with E-state index in [9.17, 15) is 10.2 Å². The van der Waals surface area contributed by atoms with Gasteiger partial charge in [0.15, 0.2) is 5.60 Å². The predicted octanol–water partition coefficient (Wildman–Crippen LogP) is 2.00. The normalized spacial score (nSPS) is 16.4. The highest BCUT2D eigenvalue weighted by atomic mass is 16.5. The number of hydrogen-bond donors (Lipinski definition) is 2. The molecule has 0 saturated carbocycles. The van der Waals surface area contributed by atoms with Gasteiger partial charge in [0.2, 0.25) is 6.19 Å². The van der Waals surface area contributed by atoms with Crippen LogP contribution in [0.4, 0.5) is 0 Å². The van der Waals surface area contributed by atoms with Crippen molar-refractivity contribution in [2.24, 2.45) is 4.99 Å². The van der Waals surface area contributed by atoms with Crippen LogP contribution in [0.2, 0.25) is 0 Å². The Kier molecular flexibility index (Phi) is 4.49. The summed E-state index contributed by atoms with van der Waals surface area (Å²) in [6.45, 7) is -0.779. The van der Waals surface area contributed by atoms with E-state index in [1.807, 2.05) is 18.2 Å². The lowest BCUT2D eigenvalue weighted by Crippen LogP contribution is -2.48. The topological polar surface area (TPSA) is 110 Å². The van der Waals surface area contributed by atoms with Gasteiger partial charge in [-0.15, -0.1) is 0 Å². The summed E-state index contributed by atoms with van der Waals surface area (Å²) in [6.07, 6.45) is 1.90. The van der Waals surface area contributed by atoms with Crippen LogP contribution in [0.25, 0.3) is 11.1 Å². The van der Waals surface area contributed by atoms with E-state index >= 15 is 0 Å². The molecule has 25 heavy (non-hydrogen) atoms. The van der Waals surface area contributed by atoms with E-state index < -0.39 is 5.60 Å². The molecule has 0 fully saturated rings. The SMILES string of the molecule is N#C/N=C1\CC(CO)(CO)Oc2ccc(-c3cccc(C#N)c3)cc21. The molecule has 124 valence electrons. The fourth-order valence-corrected chi connectivity index (χ4v) is 2.85. The zero-order chi connectivity index (χ0) is 17.9. The van der Waals surface area contributed by atoms with Crippen LogP contribution in [-0.4, -0.2) is 34.7 Å². The van der Waals surface area contributed by atoms with Crippen molar-refractivity contribution in [3.63, 3.8) is 0 Å². The minimum absolute atomic E-state index is 0.127. The molecular weight excluding hydrogens is 318 g/mol. The highest BCUT2D eigenvalue weighted by Gasteiger charge is 2.39. The maximum absolute atomic E-state index is 9.59. The summed E-state index contributed by atoms with van der Waals surface area (Å²) < 4.78 is 5.79. The highest BCUT2D eigenvalue weighted by molar-refractivity contribution is 6.05. The Hall–Kier alpha value is -3.19. The average molecular weight is 333 g/mol. The van der Waals surface area contributed by atoms with E-state index in [-0.39, 0.29) is 19.6 Å². The lowest BCUT2D eigenvalue weighted by atomic mass is 9.88. The Balaban J connectivity index is 2.10. The van der Waals surface area contributed by atoms with Gasteiger partial charge in [-0.05, 0) is 35.4 Å². The second-order valence-corrected chi connectivity index (χ2v) is 5.84. The van der Waals surface area contributed by atoms with Gasteiger partial charge < -0.3 is 14.9 Å². The number of ether oxygens (including phenoxy) is 1. The maximum atomic E-state index is 9.59. The largest absolute Gasteiger partial charge is 0.481 e. The average Bonchev–Trinajstić information content (AvgIpc) is 2.67. The van der Waals surface area contributed by atoms with Crippen LogP contribution >= 0.6 is 0 Å². The van der Waals surface area contributed by atoms with Gasteiger partial charge in [-0.1, -0.05) is 18.2 Å². The van der Waals surface area contributed by atoms with E-state index in [0.717, 1.165) is 11.1 Å². The molecule has 0 bridgehead atoms. The standard InChI is InChI=1S/C19H15N3O3/c20-9-13-2-1-3-14(6-13)15-4-5-18-16(7-15)17(22-12-21)8-19(10-23,11-24)25-18/h1-7,23-24H,8,10-11H2/b22-17+. The Morgan fingerprint density at radius 2 is 1.84 bits per heavy atom. The molecule has 2 aromatic carbocycles. The van der Waals surface area contributed by atoms with Crippen LogP contribution < -0.4 is 4.74 Å². The number of aliphatic hydroxyl groups is 2. The van der Waals surface area contributed by atoms with Crippen molar-refractivity contribution < 1.29 is 14.9 Å². The third kappa shape index (κ3) is 3.09.